The predicted molar refractivity (Wildman–Crippen MR) is 136 cm³/mol. The van der Waals surface area contributed by atoms with Crippen LogP contribution in [0.25, 0.3) is 0 Å². The Kier molecular flexibility index (Phi) is 13.0. The molecule has 0 saturated carbocycles. The van der Waals surface area contributed by atoms with Gasteiger partial charge in [0.2, 0.25) is 0 Å². The summed E-state index contributed by atoms with van der Waals surface area (Å²) in [5.41, 5.74) is 1.38. The van der Waals surface area contributed by atoms with Gasteiger partial charge in [-0.1, -0.05) is 49.2 Å². The Hall–Kier alpha value is -2.81. The molecule has 0 saturated heterocycles. The molecule has 2 amide bonds. The number of ether oxygens (including phenoxy) is 3. The van der Waals surface area contributed by atoms with Crippen LogP contribution in [-0.2, 0) is 20.7 Å². The standard InChI is InChI=1S/C26H35ClN2O6/c1-3-5-16-33-17-14-29(26(32)28-23-9-7-6-8-22(23)27)15-18-35-21-12-10-20(11-13-21)19-24(25(30)31)34-4-2/h6-13,24H,3-5,14-19H2,1-2H3,(H,28,32)(H,30,31). The topological polar surface area (TPSA) is 97.3 Å². The predicted octanol–water partition coefficient (Wildman–Crippen LogP) is 5.10. The maximum absolute atomic E-state index is 12.9. The number of hydrogen-bond acceptors (Lipinski definition) is 5. The molecule has 0 aromatic heterocycles. The van der Waals surface area contributed by atoms with Crippen LogP contribution in [0.3, 0.4) is 0 Å². The first-order valence-corrected chi connectivity index (χ1v) is 12.3. The number of carboxylic acid groups (broad SMARTS) is 1. The fraction of sp³-hybridized carbons (Fsp3) is 0.462. The molecule has 0 bridgehead atoms. The lowest BCUT2D eigenvalue weighted by Crippen LogP contribution is -2.40. The lowest BCUT2D eigenvalue weighted by Gasteiger charge is -2.23. The van der Waals surface area contributed by atoms with Gasteiger partial charge in [-0.15, -0.1) is 0 Å². The van der Waals surface area contributed by atoms with Gasteiger partial charge in [-0.2, -0.15) is 0 Å². The van der Waals surface area contributed by atoms with Gasteiger partial charge in [0.1, 0.15) is 12.4 Å². The Labute approximate surface area is 212 Å². The first kappa shape index (κ1) is 28.4. The van der Waals surface area contributed by atoms with Gasteiger partial charge in [-0.25, -0.2) is 9.59 Å². The van der Waals surface area contributed by atoms with Crippen molar-refractivity contribution in [3.05, 3.63) is 59.1 Å². The summed E-state index contributed by atoms with van der Waals surface area (Å²) >= 11 is 6.17. The van der Waals surface area contributed by atoms with Crippen LogP contribution in [0.4, 0.5) is 10.5 Å². The molecule has 9 heteroatoms. The molecule has 35 heavy (non-hydrogen) atoms. The molecule has 0 heterocycles. The smallest absolute Gasteiger partial charge is 0.333 e. The number of aliphatic carboxylic acids is 1. The van der Waals surface area contributed by atoms with Gasteiger partial charge < -0.3 is 29.5 Å². The Bertz CT molecular complexity index is 909. The number of urea groups is 1. The second kappa shape index (κ2) is 16.0. The highest BCUT2D eigenvalue weighted by Gasteiger charge is 2.18. The second-order valence-corrected chi connectivity index (χ2v) is 8.25. The molecule has 8 nitrogen and oxygen atoms in total. The molecule has 1 unspecified atom stereocenters. The van der Waals surface area contributed by atoms with Crippen molar-refractivity contribution in [2.24, 2.45) is 0 Å². The molecule has 0 radical (unpaired) electrons. The molecular formula is C26H35ClN2O6. The molecule has 0 aliphatic carbocycles. The summed E-state index contributed by atoms with van der Waals surface area (Å²) in [5, 5.41) is 12.5. The van der Waals surface area contributed by atoms with Crippen LogP contribution in [0.2, 0.25) is 5.02 Å². The molecule has 0 aliphatic rings. The Morgan fingerprint density at radius 3 is 2.40 bits per heavy atom. The third kappa shape index (κ3) is 10.5. The Morgan fingerprint density at radius 2 is 1.74 bits per heavy atom. The van der Waals surface area contributed by atoms with Gasteiger partial charge >= 0.3 is 12.0 Å². The number of carbonyl (C=O) groups is 2. The molecule has 2 aromatic rings. The normalized spacial score (nSPS) is 11.6. The lowest BCUT2D eigenvalue weighted by molar-refractivity contribution is -0.149. The van der Waals surface area contributed by atoms with E-state index in [1.54, 1.807) is 48.2 Å². The number of carbonyl (C=O) groups excluding carboxylic acids is 1. The first-order valence-electron chi connectivity index (χ1n) is 11.9. The number of halogens is 1. The van der Waals surface area contributed by atoms with Gasteiger partial charge in [0.05, 0.1) is 23.9 Å². The number of anilines is 1. The third-order valence-electron chi connectivity index (χ3n) is 5.17. The molecule has 2 aromatic carbocycles. The van der Waals surface area contributed by atoms with Crippen molar-refractivity contribution in [2.45, 2.75) is 39.2 Å². The van der Waals surface area contributed by atoms with E-state index in [-0.39, 0.29) is 19.1 Å². The second-order valence-electron chi connectivity index (χ2n) is 7.84. The van der Waals surface area contributed by atoms with Crippen molar-refractivity contribution >= 4 is 29.3 Å². The van der Waals surface area contributed by atoms with Gasteiger partial charge in [0, 0.05) is 26.2 Å². The van der Waals surface area contributed by atoms with Crippen molar-refractivity contribution in [1.82, 2.24) is 4.90 Å². The zero-order chi connectivity index (χ0) is 25.5. The minimum atomic E-state index is -0.985. The summed E-state index contributed by atoms with van der Waals surface area (Å²) in [7, 11) is 0. The fourth-order valence-corrected chi connectivity index (χ4v) is 3.41. The molecule has 192 valence electrons. The van der Waals surface area contributed by atoms with Crippen molar-refractivity contribution in [3.63, 3.8) is 0 Å². The maximum Gasteiger partial charge on any atom is 0.333 e. The number of nitrogens with zero attached hydrogens (tertiary/aromatic N) is 1. The zero-order valence-corrected chi connectivity index (χ0v) is 21.1. The summed E-state index contributed by atoms with van der Waals surface area (Å²) in [5.74, 6) is -0.358. The van der Waals surface area contributed by atoms with E-state index in [0.29, 0.717) is 49.4 Å². The quantitative estimate of drug-likeness (QED) is 0.307. The highest BCUT2D eigenvalue weighted by molar-refractivity contribution is 6.33. The number of carboxylic acids is 1. The number of para-hydroxylation sites is 1. The monoisotopic (exact) mass is 506 g/mol. The average molecular weight is 507 g/mol. The SMILES string of the molecule is CCCCOCCN(CCOc1ccc(CC(OCC)C(=O)O)cc1)C(=O)Nc1ccccc1Cl. The van der Waals surface area contributed by atoms with Gasteiger partial charge in [-0.3, -0.25) is 0 Å². The highest BCUT2D eigenvalue weighted by atomic mass is 35.5. The van der Waals surface area contributed by atoms with Crippen LogP contribution >= 0.6 is 11.6 Å². The number of amides is 2. The van der Waals surface area contributed by atoms with Crippen LogP contribution in [0.1, 0.15) is 32.3 Å². The number of unbranched alkanes of at least 4 members (excludes halogenated alkanes) is 1. The van der Waals surface area contributed by atoms with E-state index in [0.717, 1.165) is 18.4 Å². The largest absolute Gasteiger partial charge is 0.492 e. The molecule has 2 rings (SSSR count). The fourth-order valence-electron chi connectivity index (χ4n) is 3.22. The molecular weight excluding hydrogens is 472 g/mol. The maximum atomic E-state index is 12.9. The summed E-state index contributed by atoms with van der Waals surface area (Å²) < 4.78 is 16.7. The van der Waals surface area contributed by atoms with Crippen LogP contribution in [-0.4, -0.2) is 67.6 Å². The number of nitrogens with one attached hydrogen (secondary N) is 1. The van der Waals surface area contributed by atoms with Crippen LogP contribution in [0, 0.1) is 0 Å². The highest BCUT2D eigenvalue weighted by Crippen LogP contribution is 2.21. The van der Waals surface area contributed by atoms with E-state index >= 15 is 0 Å². The Balaban J connectivity index is 1.91. The zero-order valence-electron chi connectivity index (χ0n) is 20.4. The molecule has 1 atom stereocenters. The Morgan fingerprint density at radius 1 is 1.03 bits per heavy atom. The van der Waals surface area contributed by atoms with Crippen LogP contribution in [0.15, 0.2) is 48.5 Å². The summed E-state index contributed by atoms with van der Waals surface area (Å²) in [6.45, 7) is 6.32. The van der Waals surface area contributed by atoms with Crippen molar-refractivity contribution < 1.29 is 28.9 Å². The average Bonchev–Trinajstić information content (AvgIpc) is 2.84. The van der Waals surface area contributed by atoms with E-state index in [2.05, 4.69) is 12.2 Å². The summed E-state index contributed by atoms with van der Waals surface area (Å²) in [6, 6.07) is 14.0. The van der Waals surface area contributed by atoms with Gasteiger partial charge in [0.15, 0.2) is 6.10 Å². The van der Waals surface area contributed by atoms with E-state index in [9.17, 15) is 14.7 Å². The first-order chi connectivity index (χ1) is 16.9. The summed E-state index contributed by atoms with van der Waals surface area (Å²) in [6.07, 6.45) is 1.42. The van der Waals surface area contributed by atoms with E-state index in [1.165, 1.54) is 0 Å². The molecule has 0 spiro atoms. The number of hydrogen-bond donors (Lipinski definition) is 2. The van der Waals surface area contributed by atoms with Crippen LogP contribution in [0.5, 0.6) is 5.75 Å². The molecule has 0 aliphatic heterocycles. The minimum Gasteiger partial charge on any atom is -0.492 e. The number of benzene rings is 2. The molecule has 0 fully saturated rings. The van der Waals surface area contributed by atoms with Crippen molar-refractivity contribution in [1.29, 1.82) is 0 Å². The van der Waals surface area contributed by atoms with E-state index in [1.807, 2.05) is 12.1 Å². The van der Waals surface area contributed by atoms with Crippen LogP contribution < -0.4 is 10.1 Å². The van der Waals surface area contributed by atoms with Gasteiger partial charge in [0.25, 0.3) is 0 Å². The van der Waals surface area contributed by atoms with Crippen molar-refractivity contribution in [2.75, 3.05) is 44.8 Å². The summed E-state index contributed by atoms with van der Waals surface area (Å²) in [4.78, 5) is 25.8. The van der Waals surface area contributed by atoms with Gasteiger partial charge in [-0.05, 0) is 43.2 Å². The minimum absolute atomic E-state index is 0.275. The van der Waals surface area contributed by atoms with Crippen molar-refractivity contribution in [3.8, 4) is 5.75 Å². The lowest BCUT2D eigenvalue weighted by atomic mass is 10.1. The number of rotatable bonds is 16. The van der Waals surface area contributed by atoms with E-state index < -0.39 is 12.1 Å². The molecule has 2 N–H and O–H groups in total. The third-order valence-corrected chi connectivity index (χ3v) is 5.50. The van der Waals surface area contributed by atoms with E-state index in [4.69, 9.17) is 25.8 Å².